The van der Waals surface area contributed by atoms with E-state index in [1.807, 2.05) is 19.2 Å². The minimum Gasteiger partial charge on any atom is -0.494 e. The highest BCUT2D eigenvalue weighted by atomic mass is 19.1. The molecule has 2 aliphatic carbocycles. The van der Waals surface area contributed by atoms with E-state index in [2.05, 4.69) is 20.9 Å². The molecule has 188 valence electrons. The number of hydrogen-bond donors (Lipinski definition) is 0. The molecule has 0 saturated heterocycles. The molecule has 2 heterocycles. The quantitative estimate of drug-likeness (QED) is 0.482. The molecule has 8 heteroatoms. The Bertz CT molecular complexity index is 1370. The maximum Gasteiger partial charge on any atom is 0.270 e. The number of pyridine rings is 2. The predicted octanol–water partition coefficient (Wildman–Crippen LogP) is 4.62. The third-order valence-corrected chi connectivity index (χ3v) is 7.85. The van der Waals surface area contributed by atoms with Gasteiger partial charge in [-0.15, -0.1) is 0 Å². The monoisotopic (exact) mass is 489 g/mol. The largest absolute Gasteiger partial charge is 0.494 e. The Balaban J connectivity index is 1.41. The molecule has 2 fully saturated rings. The Kier molecular flexibility index (Phi) is 6.57. The van der Waals surface area contributed by atoms with E-state index in [1.54, 1.807) is 26.4 Å². The van der Waals surface area contributed by atoms with Crippen LogP contribution in [0.15, 0.2) is 41.3 Å². The van der Waals surface area contributed by atoms with Crippen LogP contribution in [0.2, 0.25) is 0 Å². The van der Waals surface area contributed by atoms with Crippen LogP contribution in [0.3, 0.4) is 0 Å². The van der Waals surface area contributed by atoms with Crippen molar-refractivity contribution in [1.29, 1.82) is 5.26 Å². The number of fused-ring (bicyclic) bond motifs is 1. The lowest BCUT2D eigenvalue weighted by atomic mass is 9.88. The summed E-state index contributed by atoms with van der Waals surface area (Å²) in [5.74, 6) is 0.956. The van der Waals surface area contributed by atoms with E-state index in [0.29, 0.717) is 28.9 Å². The number of anilines is 2. The lowest BCUT2D eigenvalue weighted by Gasteiger charge is -2.42. The second-order valence-electron chi connectivity index (χ2n) is 10.1. The van der Waals surface area contributed by atoms with Gasteiger partial charge in [-0.25, -0.2) is 4.39 Å². The van der Waals surface area contributed by atoms with Crippen molar-refractivity contribution in [2.24, 2.45) is 13.0 Å². The summed E-state index contributed by atoms with van der Waals surface area (Å²) in [5.41, 5.74) is 2.81. The van der Waals surface area contributed by atoms with Crippen molar-refractivity contribution in [2.75, 3.05) is 30.5 Å². The number of aryl methyl sites for hydroxylation is 1. The Labute approximate surface area is 210 Å². The highest BCUT2D eigenvalue weighted by Gasteiger charge is 2.34. The summed E-state index contributed by atoms with van der Waals surface area (Å²) >= 11 is 0. The molecule has 0 N–H and O–H groups in total. The van der Waals surface area contributed by atoms with Gasteiger partial charge in [0.25, 0.3) is 5.56 Å². The molecular formula is C28H32FN5O2. The number of aromatic nitrogens is 2. The molecule has 2 saturated carbocycles. The van der Waals surface area contributed by atoms with Crippen molar-refractivity contribution in [3.8, 4) is 11.8 Å². The summed E-state index contributed by atoms with van der Waals surface area (Å²) in [6, 6.07) is 11.1. The summed E-state index contributed by atoms with van der Waals surface area (Å²) in [7, 11) is 5.24. The zero-order valence-electron chi connectivity index (χ0n) is 21.1. The van der Waals surface area contributed by atoms with Gasteiger partial charge >= 0.3 is 0 Å². The SMILES string of the molecule is COc1cc(F)ccc1N(CC1CC1)C1CCC(N(C)c2c(C#N)c(=O)n(C)c3cccnc23)CC1. The minimum atomic E-state index is -0.299. The lowest BCUT2D eigenvalue weighted by Crippen LogP contribution is -2.44. The predicted molar refractivity (Wildman–Crippen MR) is 139 cm³/mol. The molecular weight excluding hydrogens is 457 g/mol. The molecule has 0 spiro atoms. The van der Waals surface area contributed by atoms with Crippen molar-refractivity contribution in [2.45, 2.75) is 50.6 Å². The van der Waals surface area contributed by atoms with Crippen LogP contribution in [0, 0.1) is 23.1 Å². The number of halogens is 1. The highest BCUT2D eigenvalue weighted by Crippen LogP contribution is 2.40. The smallest absolute Gasteiger partial charge is 0.270 e. The fourth-order valence-electron chi connectivity index (χ4n) is 5.64. The third kappa shape index (κ3) is 4.39. The van der Waals surface area contributed by atoms with Crippen molar-refractivity contribution in [1.82, 2.24) is 9.55 Å². The zero-order chi connectivity index (χ0) is 25.4. The molecule has 36 heavy (non-hydrogen) atoms. The van der Waals surface area contributed by atoms with Crippen LogP contribution in [-0.2, 0) is 7.05 Å². The van der Waals surface area contributed by atoms with Crippen LogP contribution in [-0.4, -0.2) is 42.3 Å². The zero-order valence-corrected chi connectivity index (χ0v) is 21.1. The number of benzene rings is 1. The van der Waals surface area contributed by atoms with E-state index in [0.717, 1.165) is 43.4 Å². The van der Waals surface area contributed by atoms with E-state index in [9.17, 15) is 14.4 Å². The first-order chi connectivity index (χ1) is 17.4. The van der Waals surface area contributed by atoms with Gasteiger partial charge in [0.1, 0.15) is 28.7 Å². The van der Waals surface area contributed by atoms with Gasteiger partial charge in [-0.2, -0.15) is 5.26 Å². The van der Waals surface area contributed by atoms with Crippen molar-refractivity contribution in [3.05, 3.63) is 58.3 Å². The van der Waals surface area contributed by atoms with Gasteiger partial charge < -0.3 is 19.1 Å². The summed E-state index contributed by atoms with van der Waals surface area (Å²) in [5, 5.41) is 9.87. The number of ether oxygens (including phenoxy) is 1. The summed E-state index contributed by atoms with van der Waals surface area (Å²) in [6.07, 6.45) is 7.92. The first kappa shape index (κ1) is 24.1. The summed E-state index contributed by atoms with van der Waals surface area (Å²) < 4.78 is 20.9. The Hall–Kier alpha value is -3.60. The van der Waals surface area contributed by atoms with Crippen LogP contribution in [0.5, 0.6) is 5.75 Å². The Morgan fingerprint density at radius 1 is 1.17 bits per heavy atom. The fraction of sp³-hybridized carbons (Fsp3) is 0.464. The molecule has 0 atom stereocenters. The fourth-order valence-corrected chi connectivity index (χ4v) is 5.64. The van der Waals surface area contributed by atoms with E-state index < -0.39 is 0 Å². The van der Waals surface area contributed by atoms with Gasteiger partial charge in [0.15, 0.2) is 0 Å². The van der Waals surface area contributed by atoms with Crippen LogP contribution < -0.4 is 20.1 Å². The van der Waals surface area contributed by atoms with Crippen LogP contribution in [0.25, 0.3) is 11.0 Å². The van der Waals surface area contributed by atoms with Crippen molar-refractivity contribution < 1.29 is 9.13 Å². The second-order valence-corrected chi connectivity index (χ2v) is 10.1. The molecule has 7 nitrogen and oxygen atoms in total. The van der Waals surface area contributed by atoms with E-state index >= 15 is 0 Å². The molecule has 2 aliphatic rings. The molecule has 5 rings (SSSR count). The van der Waals surface area contributed by atoms with Gasteiger partial charge in [-0.1, -0.05) is 0 Å². The van der Waals surface area contributed by atoms with Crippen LogP contribution in [0.1, 0.15) is 44.1 Å². The second kappa shape index (κ2) is 9.81. The van der Waals surface area contributed by atoms with Gasteiger partial charge in [0, 0.05) is 45.0 Å². The third-order valence-electron chi connectivity index (χ3n) is 7.85. The Morgan fingerprint density at radius 2 is 1.89 bits per heavy atom. The molecule has 0 bridgehead atoms. The molecule has 3 aromatic rings. The van der Waals surface area contributed by atoms with Crippen LogP contribution in [0.4, 0.5) is 15.8 Å². The van der Waals surface area contributed by atoms with E-state index in [4.69, 9.17) is 4.74 Å². The number of nitrogens with zero attached hydrogens (tertiary/aromatic N) is 5. The molecule has 0 amide bonds. The Morgan fingerprint density at radius 3 is 2.56 bits per heavy atom. The summed E-state index contributed by atoms with van der Waals surface area (Å²) in [4.78, 5) is 22.0. The maximum atomic E-state index is 13.9. The lowest BCUT2D eigenvalue weighted by molar-refractivity contribution is 0.359. The molecule has 0 unspecified atom stereocenters. The number of methoxy groups -OCH3 is 1. The number of hydrogen-bond acceptors (Lipinski definition) is 6. The number of rotatable bonds is 7. The van der Waals surface area contributed by atoms with Crippen molar-refractivity contribution >= 4 is 22.4 Å². The van der Waals surface area contributed by atoms with Gasteiger partial charge in [-0.05, 0) is 68.7 Å². The van der Waals surface area contributed by atoms with Gasteiger partial charge in [0.2, 0.25) is 0 Å². The standard InChI is InChI=1S/C28H32FN5O2/c1-32(27-22(16-30)28(35)33(2)24-5-4-14-31-26(24)27)20-9-11-21(12-10-20)34(17-18-6-7-18)23-13-8-19(29)15-25(23)36-3/h4-5,8,13-15,18,20-21H,6-7,9-12,17H2,1-3H3. The number of nitriles is 1. The molecule has 0 aliphatic heterocycles. The first-order valence-corrected chi connectivity index (χ1v) is 12.6. The van der Waals surface area contributed by atoms with Gasteiger partial charge in [0.05, 0.1) is 24.0 Å². The van der Waals surface area contributed by atoms with Gasteiger partial charge in [-0.3, -0.25) is 9.78 Å². The first-order valence-electron chi connectivity index (χ1n) is 12.6. The minimum absolute atomic E-state index is 0.139. The molecule has 0 radical (unpaired) electrons. The van der Waals surface area contributed by atoms with E-state index in [-0.39, 0.29) is 23.0 Å². The average Bonchev–Trinajstić information content (AvgIpc) is 3.73. The highest BCUT2D eigenvalue weighted by molar-refractivity contribution is 5.91. The summed E-state index contributed by atoms with van der Waals surface area (Å²) in [6.45, 7) is 0.953. The van der Waals surface area contributed by atoms with Crippen LogP contribution >= 0.6 is 0 Å². The maximum absolute atomic E-state index is 13.9. The average molecular weight is 490 g/mol. The van der Waals surface area contributed by atoms with Crippen molar-refractivity contribution in [3.63, 3.8) is 0 Å². The molecule has 2 aromatic heterocycles. The topological polar surface area (TPSA) is 74.4 Å². The van der Waals surface area contributed by atoms with E-state index in [1.165, 1.54) is 29.5 Å². The normalized spacial score (nSPS) is 19.6. The molecule has 1 aromatic carbocycles.